The molecule has 0 saturated carbocycles. The molecule has 8 aromatic rings. The van der Waals surface area contributed by atoms with E-state index in [2.05, 4.69) is 108 Å². The number of rotatable bonds is 9. The van der Waals surface area contributed by atoms with Gasteiger partial charge in [0.2, 0.25) is 17.8 Å². The molecule has 0 aromatic carbocycles. The van der Waals surface area contributed by atoms with Gasteiger partial charge < -0.3 is 65.5 Å². The SMILES string of the molecule is CC1CN(c2nc(N)nc3nc[nH]c23)CCN1c1ncc(C(=O)N2CCCC2)cc1Cl.CC1CN(c2ncc(C(=O)N3CCCC3)cc2Cl)CCN1c1ncnc2nc[nH]c12.Nc1ncnc(N2CCN(c3ncc(C(=O)N4CCCC4)cc3Cl)CC2)n1. The van der Waals surface area contributed by atoms with Gasteiger partial charge in [0.1, 0.15) is 41.1 Å². The molecule has 28 nitrogen and oxygen atoms in total. The Morgan fingerprint density at radius 1 is 0.432 bits per heavy atom. The van der Waals surface area contributed by atoms with Gasteiger partial charge in [-0.25, -0.2) is 44.9 Å². The van der Waals surface area contributed by atoms with Crippen molar-refractivity contribution < 1.29 is 14.4 Å². The third-order valence-electron chi connectivity index (χ3n) is 16.7. The third kappa shape index (κ3) is 12.8. The molecule has 6 aliphatic heterocycles. The van der Waals surface area contributed by atoms with E-state index in [0.717, 1.165) is 152 Å². The number of aromatic nitrogens is 14. The van der Waals surface area contributed by atoms with Crippen LogP contribution in [0.4, 0.5) is 46.9 Å². The average molecular weight is 1260 g/mol. The Bertz CT molecular complexity index is 3810. The van der Waals surface area contributed by atoms with Crippen LogP contribution in [0.5, 0.6) is 0 Å². The maximum atomic E-state index is 12.6. The number of pyridine rings is 3. The van der Waals surface area contributed by atoms with Crippen LogP contribution in [-0.4, -0.2) is 219 Å². The van der Waals surface area contributed by atoms with E-state index in [1.807, 2.05) is 19.6 Å². The van der Waals surface area contributed by atoms with E-state index < -0.39 is 0 Å². The Labute approximate surface area is 522 Å². The van der Waals surface area contributed by atoms with Gasteiger partial charge in [-0.2, -0.15) is 15.0 Å². The summed E-state index contributed by atoms with van der Waals surface area (Å²) in [6.07, 6.45) is 17.4. The summed E-state index contributed by atoms with van der Waals surface area (Å²) in [6, 6.07) is 5.52. The van der Waals surface area contributed by atoms with Gasteiger partial charge in [-0.3, -0.25) is 14.4 Å². The lowest BCUT2D eigenvalue weighted by Crippen LogP contribution is -2.53. The molecule has 0 radical (unpaired) electrons. The van der Waals surface area contributed by atoms with Gasteiger partial charge in [-0.1, -0.05) is 34.8 Å². The number of amides is 3. The second-order valence-corrected chi connectivity index (χ2v) is 23.7. The summed E-state index contributed by atoms with van der Waals surface area (Å²) in [5, 5.41) is 1.50. The molecule has 0 aliphatic carbocycles. The molecule has 6 N–H and O–H groups in total. The van der Waals surface area contributed by atoms with Crippen molar-refractivity contribution in [3.63, 3.8) is 0 Å². The van der Waals surface area contributed by atoms with Gasteiger partial charge in [-0.15, -0.1) is 0 Å². The van der Waals surface area contributed by atoms with Crippen LogP contribution in [0.1, 0.15) is 83.4 Å². The molecule has 8 aromatic heterocycles. The van der Waals surface area contributed by atoms with Gasteiger partial charge in [0.25, 0.3) is 17.7 Å². The minimum Gasteiger partial charge on any atom is -0.368 e. The molecule has 3 amide bonds. The normalized spacial score (nSPS) is 18.9. The summed E-state index contributed by atoms with van der Waals surface area (Å²) < 4.78 is 0. The van der Waals surface area contributed by atoms with E-state index >= 15 is 0 Å². The number of fused-ring (bicyclic) bond motifs is 2. The van der Waals surface area contributed by atoms with Crippen molar-refractivity contribution in [1.29, 1.82) is 0 Å². The van der Waals surface area contributed by atoms with Gasteiger partial charge >= 0.3 is 0 Å². The first-order valence-corrected chi connectivity index (χ1v) is 30.8. The lowest BCUT2D eigenvalue weighted by atomic mass is 10.1. The molecule has 6 saturated heterocycles. The number of halogens is 3. The van der Waals surface area contributed by atoms with E-state index in [4.69, 9.17) is 46.3 Å². The molecule has 14 rings (SSSR count). The maximum Gasteiger partial charge on any atom is 0.255 e. The number of hydrogen-bond donors (Lipinski definition) is 4. The molecule has 88 heavy (non-hydrogen) atoms. The van der Waals surface area contributed by atoms with Crippen molar-refractivity contribution in [2.24, 2.45) is 0 Å². The molecule has 0 spiro atoms. The minimum absolute atomic E-state index is 0.00115. The molecule has 2 unspecified atom stereocenters. The highest BCUT2D eigenvalue weighted by atomic mass is 35.5. The van der Waals surface area contributed by atoms with Crippen LogP contribution in [0, 0.1) is 0 Å². The predicted octanol–water partition coefficient (Wildman–Crippen LogP) is 5.35. The van der Waals surface area contributed by atoms with Crippen LogP contribution in [0.15, 0.2) is 62.1 Å². The van der Waals surface area contributed by atoms with Gasteiger partial charge in [0, 0.05) is 135 Å². The van der Waals surface area contributed by atoms with E-state index in [9.17, 15) is 14.4 Å². The molecular weight excluding hydrogens is 1190 g/mol. The second kappa shape index (κ2) is 26.3. The first-order chi connectivity index (χ1) is 42.7. The fraction of sp³-hybridized carbons (Fsp3) is 0.456. The zero-order valence-electron chi connectivity index (χ0n) is 48.9. The summed E-state index contributed by atoms with van der Waals surface area (Å²) in [5.74, 6) is 4.73. The quantitative estimate of drug-likeness (QED) is 0.141. The monoisotopic (exact) mass is 1260 g/mol. The van der Waals surface area contributed by atoms with Gasteiger partial charge in [0.05, 0.1) is 44.4 Å². The third-order valence-corrected chi connectivity index (χ3v) is 17.5. The summed E-state index contributed by atoms with van der Waals surface area (Å²) in [4.78, 5) is 114. The molecule has 460 valence electrons. The first-order valence-electron chi connectivity index (χ1n) is 29.7. The molecule has 0 bridgehead atoms. The van der Waals surface area contributed by atoms with Crippen LogP contribution >= 0.6 is 34.8 Å². The predicted molar refractivity (Wildman–Crippen MR) is 338 cm³/mol. The average Bonchev–Trinajstić information content (AvgIpc) is 2.16. The molecular formula is C57H68Cl3N25O3. The van der Waals surface area contributed by atoms with Crippen LogP contribution < -0.4 is 40.9 Å². The summed E-state index contributed by atoms with van der Waals surface area (Å²) in [5.41, 5.74) is 16.0. The number of likely N-dealkylation sites (tertiary alicyclic amines) is 3. The highest BCUT2D eigenvalue weighted by Crippen LogP contribution is 2.34. The maximum absolute atomic E-state index is 12.6. The topological polar surface area (TPSA) is 319 Å². The van der Waals surface area contributed by atoms with E-state index in [-0.39, 0.29) is 41.7 Å². The first kappa shape index (κ1) is 59.6. The van der Waals surface area contributed by atoms with E-state index in [0.29, 0.717) is 80.3 Å². The van der Waals surface area contributed by atoms with Crippen molar-refractivity contribution in [2.45, 2.75) is 64.5 Å². The zero-order chi connectivity index (χ0) is 61.0. The molecule has 2 atom stereocenters. The Hall–Kier alpha value is -8.76. The fourth-order valence-corrected chi connectivity index (χ4v) is 13.0. The second-order valence-electron chi connectivity index (χ2n) is 22.5. The summed E-state index contributed by atoms with van der Waals surface area (Å²) in [6.45, 7) is 16.3. The Balaban J connectivity index is 0.000000129. The zero-order valence-corrected chi connectivity index (χ0v) is 51.2. The van der Waals surface area contributed by atoms with Gasteiger partial charge in [0.15, 0.2) is 22.9 Å². The van der Waals surface area contributed by atoms with Crippen molar-refractivity contribution in [3.05, 3.63) is 93.9 Å². The Morgan fingerprint density at radius 3 is 1.36 bits per heavy atom. The smallest absolute Gasteiger partial charge is 0.255 e. The lowest BCUT2D eigenvalue weighted by Gasteiger charge is -2.41. The number of imidazole rings is 2. The van der Waals surface area contributed by atoms with Gasteiger partial charge in [-0.05, 0) is 70.6 Å². The van der Waals surface area contributed by atoms with Crippen molar-refractivity contribution in [3.8, 4) is 0 Å². The summed E-state index contributed by atoms with van der Waals surface area (Å²) in [7, 11) is 0. The van der Waals surface area contributed by atoms with Crippen LogP contribution in [0.25, 0.3) is 22.3 Å². The number of nitrogens with zero attached hydrogens (tertiary/aromatic N) is 21. The highest BCUT2D eigenvalue weighted by Gasteiger charge is 2.33. The number of anilines is 8. The highest BCUT2D eigenvalue weighted by molar-refractivity contribution is 6.34. The number of carbonyl (C=O) groups is 3. The number of hydrogen-bond acceptors (Lipinski definition) is 23. The van der Waals surface area contributed by atoms with Crippen molar-refractivity contribution in [2.75, 3.05) is 146 Å². The molecule has 6 aliphatic rings. The number of nitrogens with one attached hydrogen (secondary N) is 2. The molecule has 6 fully saturated rings. The number of nitrogens with two attached hydrogens (primary N) is 2. The number of nitrogen functional groups attached to an aromatic ring is 2. The van der Waals surface area contributed by atoms with Crippen molar-refractivity contribution >= 4 is 122 Å². The number of aromatic amines is 2. The fourth-order valence-electron chi connectivity index (χ4n) is 12.2. The number of H-pyrrole nitrogens is 2. The molecule has 14 heterocycles. The van der Waals surface area contributed by atoms with E-state index in [1.165, 1.54) is 6.33 Å². The lowest BCUT2D eigenvalue weighted by molar-refractivity contribution is 0.0784. The van der Waals surface area contributed by atoms with Crippen molar-refractivity contribution in [1.82, 2.24) is 84.5 Å². The standard InChI is InChI=1S/C20H24ClN9O.C20H23ClN8O.C17H21ClN8O/c1-12-10-29(18-15-16(25-11-24-15)26-20(22)27-18)6-7-30(12)17-14(21)8-13(9-23-17)19(31)28-4-2-3-5-28;1-13-10-28(6-7-29(13)19-16-17(24-11-23-16)25-12-26-19)18-15(21)8-14(9-22-18)20(30)27-4-2-3-5-27;18-13-9-12(15(27)25-3-1-2-4-25)10-20-14(13)24-5-7-26(8-6-24)17-22-11-21-16(19)23-17/h8-9,11-12H,2-7,10H2,1H3,(H3,22,24,25,26,27);8-9,11-13H,2-7,10H2,1H3,(H,23,24,25,26);9-11H,1-8H2,(H2,19,21,22,23). The van der Waals surface area contributed by atoms with Crippen LogP contribution in [0.2, 0.25) is 15.1 Å². The minimum atomic E-state index is 0.00115. The summed E-state index contributed by atoms with van der Waals surface area (Å²) >= 11 is 19.6. The van der Waals surface area contributed by atoms with E-state index in [1.54, 1.807) is 55.8 Å². The number of piperazine rings is 3. The van der Waals surface area contributed by atoms with Crippen LogP contribution in [0.3, 0.4) is 0 Å². The Kier molecular flexibility index (Phi) is 17.8. The number of carbonyl (C=O) groups excluding carboxylic acids is 3. The largest absolute Gasteiger partial charge is 0.368 e. The van der Waals surface area contributed by atoms with Crippen LogP contribution in [-0.2, 0) is 0 Å². The molecule has 31 heteroatoms. The Morgan fingerprint density at radius 2 is 0.864 bits per heavy atom.